The molecule has 3 rings (SSSR count). The first-order valence-corrected chi connectivity index (χ1v) is 10.7. The van der Waals surface area contributed by atoms with Gasteiger partial charge in [0.2, 0.25) is 5.91 Å². The van der Waals surface area contributed by atoms with Crippen LogP contribution in [-0.2, 0) is 9.53 Å². The lowest BCUT2D eigenvalue weighted by Crippen LogP contribution is -2.52. The van der Waals surface area contributed by atoms with E-state index < -0.39 is 0 Å². The van der Waals surface area contributed by atoms with Gasteiger partial charge in [-0.15, -0.1) is 0 Å². The van der Waals surface area contributed by atoms with Gasteiger partial charge in [0.15, 0.2) is 5.96 Å². The number of nitrogens with zero attached hydrogens (tertiary/aromatic N) is 3. The molecule has 1 aromatic rings. The third kappa shape index (κ3) is 6.63. The molecule has 2 N–H and O–H groups in total. The molecule has 7 nitrogen and oxygen atoms in total. The zero-order valence-corrected chi connectivity index (χ0v) is 18.0. The van der Waals surface area contributed by atoms with Crippen LogP contribution in [0.15, 0.2) is 29.3 Å². The van der Waals surface area contributed by atoms with Crippen LogP contribution in [0.25, 0.3) is 0 Å². The number of nitrogens with one attached hydrogen (secondary N) is 2. The zero-order valence-electron chi connectivity index (χ0n) is 18.0. The summed E-state index contributed by atoms with van der Waals surface area (Å²) in [5.74, 6) is 0.694. The molecular formula is C22H35N5O2. The van der Waals surface area contributed by atoms with Crippen molar-refractivity contribution in [3.05, 3.63) is 29.8 Å². The van der Waals surface area contributed by atoms with Crippen molar-refractivity contribution < 1.29 is 9.53 Å². The molecule has 1 aromatic carbocycles. The Labute approximate surface area is 174 Å². The predicted octanol–water partition coefficient (Wildman–Crippen LogP) is 1.77. The maximum absolute atomic E-state index is 12.0. The number of guanidine groups is 1. The van der Waals surface area contributed by atoms with E-state index in [4.69, 9.17) is 4.74 Å². The molecule has 2 heterocycles. The standard InChI is InChI=1S/C22H35N5O2/c1-17-8-10-19(11-9-17)27-12-4-6-18(16-27)25-22(24-15-21(28)26(2)3)23-14-20-7-5-13-29-20/h8-11,18,20H,4-7,12-16H2,1-3H3,(H2,23,24,25). The molecule has 2 saturated heterocycles. The maximum atomic E-state index is 12.0. The van der Waals surface area contributed by atoms with Crippen LogP contribution in [0.4, 0.5) is 5.69 Å². The van der Waals surface area contributed by atoms with E-state index >= 15 is 0 Å². The molecule has 0 radical (unpaired) electrons. The van der Waals surface area contributed by atoms with Crippen molar-refractivity contribution in [3.8, 4) is 0 Å². The number of aliphatic imine (C=N–C) groups is 1. The lowest BCUT2D eigenvalue weighted by Gasteiger charge is -2.35. The van der Waals surface area contributed by atoms with Crippen LogP contribution in [-0.4, -0.2) is 75.8 Å². The SMILES string of the molecule is Cc1ccc(N2CCCC(NC(=NCC(=O)N(C)C)NCC3CCCO3)C2)cc1. The Hall–Kier alpha value is -2.28. The topological polar surface area (TPSA) is 69.2 Å². The highest BCUT2D eigenvalue weighted by molar-refractivity contribution is 5.85. The molecule has 0 saturated carbocycles. The van der Waals surface area contributed by atoms with Crippen LogP contribution >= 0.6 is 0 Å². The average Bonchev–Trinajstić information content (AvgIpc) is 3.24. The molecule has 2 aliphatic heterocycles. The van der Waals surface area contributed by atoms with E-state index in [0.717, 1.165) is 51.9 Å². The van der Waals surface area contributed by atoms with Crippen molar-refractivity contribution in [2.24, 2.45) is 4.99 Å². The number of aryl methyl sites for hydroxylation is 1. The molecule has 160 valence electrons. The zero-order chi connectivity index (χ0) is 20.6. The normalized spacial score (nSPS) is 22.4. The minimum Gasteiger partial charge on any atom is -0.376 e. The largest absolute Gasteiger partial charge is 0.376 e. The van der Waals surface area contributed by atoms with E-state index in [1.54, 1.807) is 19.0 Å². The van der Waals surface area contributed by atoms with Gasteiger partial charge in [-0.05, 0) is 44.7 Å². The van der Waals surface area contributed by atoms with Crippen molar-refractivity contribution in [1.29, 1.82) is 0 Å². The summed E-state index contributed by atoms with van der Waals surface area (Å²) in [6.45, 7) is 5.79. The number of amides is 1. The quantitative estimate of drug-likeness (QED) is 0.562. The summed E-state index contributed by atoms with van der Waals surface area (Å²) < 4.78 is 5.71. The van der Waals surface area contributed by atoms with Crippen molar-refractivity contribution in [2.45, 2.75) is 44.8 Å². The third-order valence-electron chi connectivity index (χ3n) is 5.55. The molecule has 0 spiro atoms. The number of benzene rings is 1. The van der Waals surface area contributed by atoms with Gasteiger partial charge >= 0.3 is 0 Å². The summed E-state index contributed by atoms with van der Waals surface area (Å²) in [4.78, 5) is 20.5. The van der Waals surface area contributed by atoms with Gasteiger partial charge in [0.05, 0.1) is 6.10 Å². The molecule has 1 amide bonds. The van der Waals surface area contributed by atoms with E-state index in [9.17, 15) is 4.79 Å². The summed E-state index contributed by atoms with van der Waals surface area (Å²) in [7, 11) is 3.51. The van der Waals surface area contributed by atoms with Crippen molar-refractivity contribution in [3.63, 3.8) is 0 Å². The number of ether oxygens (including phenoxy) is 1. The van der Waals surface area contributed by atoms with Gasteiger partial charge < -0.3 is 25.2 Å². The Kier molecular flexibility index (Phi) is 7.75. The second-order valence-electron chi connectivity index (χ2n) is 8.23. The van der Waals surface area contributed by atoms with Gasteiger partial charge in [0, 0.05) is 52.1 Å². The molecule has 2 aliphatic rings. The highest BCUT2D eigenvalue weighted by Gasteiger charge is 2.22. The molecule has 29 heavy (non-hydrogen) atoms. The molecule has 2 atom stereocenters. The van der Waals surface area contributed by atoms with E-state index in [2.05, 4.69) is 51.7 Å². The highest BCUT2D eigenvalue weighted by Crippen LogP contribution is 2.20. The second kappa shape index (κ2) is 10.5. The Balaban J connectivity index is 1.60. The smallest absolute Gasteiger partial charge is 0.243 e. The minimum absolute atomic E-state index is 0.00635. The van der Waals surface area contributed by atoms with Crippen LogP contribution in [0, 0.1) is 6.92 Å². The molecule has 2 unspecified atom stereocenters. The van der Waals surface area contributed by atoms with E-state index in [-0.39, 0.29) is 24.6 Å². The van der Waals surface area contributed by atoms with Gasteiger partial charge in [-0.25, -0.2) is 4.99 Å². The fraction of sp³-hybridized carbons (Fsp3) is 0.636. The molecule has 0 aliphatic carbocycles. The van der Waals surface area contributed by atoms with E-state index in [1.807, 2.05) is 0 Å². The van der Waals surface area contributed by atoms with Gasteiger partial charge in [-0.2, -0.15) is 0 Å². The van der Waals surface area contributed by atoms with Crippen molar-refractivity contribution in [1.82, 2.24) is 15.5 Å². The van der Waals surface area contributed by atoms with E-state index in [1.165, 1.54) is 11.3 Å². The first-order valence-electron chi connectivity index (χ1n) is 10.7. The summed E-state index contributed by atoms with van der Waals surface area (Å²) in [5, 5.41) is 6.95. The number of carbonyl (C=O) groups is 1. The minimum atomic E-state index is -0.00635. The first kappa shape index (κ1) is 21.4. The predicted molar refractivity (Wildman–Crippen MR) is 118 cm³/mol. The van der Waals surface area contributed by atoms with Crippen LogP contribution in [0.5, 0.6) is 0 Å². The number of anilines is 1. The molecular weight excluding hydrogens is 366 g/mol. The second-order valence-corrected chi connectivity index (χ2v) is 8.23. The number of rotatable bonds is 6. The lowest BCUT2D eigenvalue weighted by atomic mass is 10.0. The van der Waals surface area contributed by atoms with Crippen LogP contribution in [0.1, 0.15) is 31.2 Å². The summed E-state index contributed by atoms with van der Waals surface area (Å²) in [6, 6.07) is 9.00. The number of hydrogen-bond donors (Lipinski definition) is 2. The first-order chi connectivity index (χ1) is 14.0. The Bertz CT molecular complexity index is 683. The fourth-order valence-electron chi connectivity index (χ4n) is 3.73. The monoisotopic (exact) mass is 401 g/mol. The molecule has 2 fully saturated rings. The molecule has 0 bridgehead atoms. The van der Waals surface area contributed by atoms with Crippen LogP contribution in [0.3, 0.4) is 0 Å². The van der Waals surface area contributed by atoms with Gasteiger partial charge in [-0.3, -0.25) is 4.79 Å². The number of hydrogen-bond acceptors (Lipinski definition) is 4. The molecule has 7 heteroatoms. The summed E-state index contributed by atoms with van der Waals surface area (Å²) in [6.07, 6.45) is 4.62. The third-order valence-corrected chi connectivity index (χ3v) is 5.55. The maximum Gasteiger partial charge on any atom is 0.243 e. The Morgan fingerprint density at radius 3 is 2.72 bits per heavy atom. The van der Waals surface area contributed by atoms with Gasteiger partial charge in [0.1, 0.15) is 6.54 Å². The Morgan fingerprint density at radius 1 is 1.24 bits per heavy atom. The highest BCUT2D eigenvalue weighted by atomic mass is 16.5. The number of likely N-dealkylation sites (N-methyl/N-ethyl adjacent to an activating group) is 1. The van der Waals surface area contributed by atoms with Crippen molar-refractivity contribution in [2.75, 3.05) is 51.8 Å². The van der Waals surface area contributed by atoms with Gasteiger partial charge in [-0.1, -0.05) is 17.7 Å². The van der Waals surface area contributed by atoms with Crippen LogP contribution in [0.2, 0.25) is 0 Å². The van der Waals surface area contributed by atoms with E-state index in [0.29, 0.717) is 5.96 Å². The van der Waals surface area contributed by atoms with Gasteiger partial charge in [0.25, 0.3) is 0 Å². The lowest BCUT2D eigenvalue weighted by molar-refractivity contribution is -0.127. The number of carbonyl (C=O) groups excluding carboxylic acids is 1. The van der Waals surface area contributed by atoms with Crippen LogP contribution < -0.4 is 15.5 Å². The number of piperidine rings is 1. The summed E-state index contributed by atoms with van der Waals surface area (Å²) in [5.41, 5.74) is 2.54. The molecule has 0 aromatic heterocycles. The summed E-state index contributed by atoms with van der Waals surface area (Å²) >= 11 is 0. The average molecular weight is 402 g/mol. The Morgan fingerprint density at radius 2 is 2.03 bits per heavy atom. The fourth-order valence-corrected chi connectivity index (χ4v) is 3.73. The van der Waals surface area contributed by atoms with Crippen molar-refractivity contribution >= 4 is 17.6 Å².